The zero-order valence-corrected chi connectivity index (χ0v) is 14.8. The first-order valence-electron chi connectivity index (χ1n) is 8.00. The van der Waals surface area contributed by atoms with Crippen molar-refractivity contribution < 1.29 is 4.79 Å². The smallest absolute Gasteiger partial charge is 0.317 e. The maximum atomic E-state index is 12.8. The first-order valence-corrected chi connectivity index (χ1v) is 8.80. The van der Waals surface area contributed by atoms with Gasteiger partial charge in [-0.15, -0.1) is 0 Å². The Bertz CT molecular complexity index is 670. The minimum Gasteiger partial charge on any atom is -0.317 e. The number of nitrogens with zero attached hydrogens (tertiary/aromatic N) is 1. The summed E-state index contributed by atoms with van der Waals surface area (Å²) in [6.45, 7) is 2.79. The van der Waals surface area contributed by atoms with Gasteiger partial charge in [0.2, 0.25) is 0 Å². The van der Waals surface area contributed by atoms with Gasteiger partial charge in [-0.3, -0.25) is 0 Å². The summed E-state index contributed by atoms with van der Waals surface area (Å²) < 4.78 is 0.958. The predicted molar refractivity (Wildman–Crippen MR) is 97.3 cm³/mol. The monoisotopic (exact) mass is 372 g/mol. The van der Waals surface area contributed by atoms with Crippen molar-refractivity contribution in [3.8, 4) is 0 Å². The molecule has 2 aromatic rings. The Kier molecular flexibility index (Phi) is 5.01. The third kappa shape index (κ3) is 4.35. The SMILES string of the molecule is C[C@H](C1CC1)N(Cc1ccccc1)C(=O)Nc1cccc(Br)c1. The maximum Gasteiger partial charge on any atom is 0.322 e. The number of hydrogen-bond acceptors (Lipinski definition) is 1. The van der Waals surface area contributed by atoms with Gasteiger partial charge in [-0.25, -0.2) is 4.79 Å². The molecule has 120 valence electrons. The summed E-state index contributed by atoms with van der Waals surface area (Å²) in [6.07, 6.45) is 2.44. The Morgan fingerprint density at radius 3 is 2.61 bits per heavy atom. The highest BCUT2D eigenvalue weighted by Gasteiger charge is 2.34. The van der Waals surface area contributed by atoms with Gasteiger partial charge in [0.25, 0.3) is 0 Å². The Morgan fingerprint density at radius 2 is 1.96 bits per heavy atom. The van der Waals surface area contributed by atoms with E-state index in [1.54, 1.807) is 0 Å². The second-order valence-corrected chi connectivity index (χ2v) is 7.05. The Balaban J connectivity index is 1.75. The van der Waals surface area contributed by atoms with Crippen LogP contribution >= 0.6 is 15.9 Å². The molecule has 1 saturated carbocycles. The van der Waals surface area contributed by atoms with Crippen LogP contribution in [0.2, 0.25) is 0 Å². The summed E-state index contributed by atoms with van der Waals surface area (Å²) in [4.78, 5) is 14.8. The number of carbonyl (C=O) groups excluding carboxylic acids is 1. The van der Waals surface area contributed by atoms with Gasteiger partial charge >= 0.3 is 6.03 Å². The molecule has 4 heteroatoms. The van der Waals surface area contributed by atoms with Crippen LogP contribution in [0.15, 0.2) is 59.1 Å². The van der Waals surface area contributed by atoms with Crippen molar-refractivity contribution in [2.75, 3.05) is 5.32 Å². The molecule has 0 radical (unpaired) electrons. The molecular formula is C19H21BrN2O. The van der Waals surface area contributed by atoms with Gasteiger partial charge in [0, 0.05) is 22.7 Å². The van der Waals surface area contributed by atoms with E-state index in [2.05, 4.69) is 40.3 Å². The number of benzene rings is 2. The second kappa shape index (κ2) is 7.18. The van der Waals surface area contributed by atoms with Gasteiger partial charge in [0.15, 0.2) is 0 Å². The lowest BCUT2D eigenvalue weighted by Crippen LogP contribution is -2.42. The first-order chi connectivity index (χ1) is 11.1. The van der Waals surface area contributed by atoms with Gasteiger partial charge in [0.05, 0.1) is 0 Å². The van der Waals surface area contributed by atoms with Crippen LogP contribution < -0.4 is 5.32 Å². The molecule has 3 nitrogen and oxygen atoms in total. The fourth-order valence-electron chi connectivity index (χ4n) is 2.78. The van der Waals surface area contributed by atoms with E-state index in [1.807, 2.05) is 47.4 Å². The van der Waals surface area contributed by atoms with Crippen molar-refractivity contribution in [1.29, 1.82) is 0 Å². The molecule has 0 heterocycles. The minimum absolute atomic E-state index is 0.0358. The number of amides is 2. The average Bonchev–Trinajstić information content (AvgIpc) is 3.38. The van der Waals surface area contributed by atoms with Gasteiger partial charge in [-0.2, -0.15) is 0 Å². The van der Waals surface area contributed by atoms with Crippen molar-refractivity contribution in [3.63, 3.8) is 0 Å². The number of anilines is 1. The molecule has 1 aliphatic carbocycles. The van der Waals surface area contributed by atoms with Crippen molar-refractivity contribution >= 4 is 27.6 Å². The zero-order chi connectivity index (χ0) is 16.2. The van der Waals surface area contributed by atoms with Crippen LogP contribution in [0.3, 0.4) is 0 Å². The average molecular weight is 373 g/mol. The topological polar surface area (TPSA) is 32.3 Å². The third-order valence-corrected chi connectivity index (χ3v) is 4.82. The van der Waals surface area contributed by atoms with Gasteiger partial charge in [-0.05, 0) is 49.4 Å². The van der Waals surface area contributed by atoms with E-state index in [-0.39, 0.29) is 12.1 Å². The largest absolute Gasteiger partial charge is 0.322 e. The summed E-state index contributed by atoms with van der Waals surface area (Å²) in [5.41, 5.74) is 1.97. The van der Waals surface area contributed by atoms with Gasteiger partial charge in [-0.1, -0.05) is 52.3 Å². The Hall–Kier alpha value is -1.81. The molecule has 1 aliphatic rings. The number of rotatable bonds is 5. The van der Waals surface area contributed by atoms with E-state index in [4.69, 9.17) is 0 Å². The molecule has 0 aromatic heterocycles. The van der Waals surface area contributed by atoms with E-state index in [9.17, 15) is 4.79 Å². The fraction of sp³-hybridized carbons (Fsp3) is 0.316. The van der Waals surface area contributed by atoms with Crippen LogP contribution in [-0.2, 0) is 6.54 Å². The quantitative estimate of drug-likeness (QED) is 0.760. The number of carbonyl (C=O) groups is 1. The van der Waals surface area contributed by atoms with Crippen molar-refractivity contribution in [3.05, 3.63) is 64.6 Å². The molecule has 1 N–H and O–H groups in total. The van der Waals surface area contributed by atoms with Crippen LogP contribution in [-0.4, -0.2) is 17.0 Å². The molecule has 3 rings (SSSR count). The molecule has 1 fully saturated rings. The summed E-state index contributed by atoms with van der Waals surface area (Å²) in [5, 5.41) is 3.02. The van der Waals surface area contributed by atoms with Crippen LogP contribution in [0.1, 0.15) is 25.3 Å². The van der Waals surface area contributed by atoms with Crippen molar-refractivity contribution in [2.24, 2.45) is 5.92 Å². The van der Waals surface area contributed by atoms with Crippen molar-refractivity contribution in [1.82, 2.24) is 4.90 Å². The zero-order valence-electron chi connectivity index (χ0n) is 13.2. The normalized spacial score (nSPS) is 15.0. The lowest BCUT2D eigenvalue weighted by Gasteiger charge is -2.29. The second-order valence-electron chi connectivity index (χ2n) is 6.13. The molecule has 2 aromatic carbocycles. The molecular weight excluding hydrogens is 352 g/mol. The Morgan fingerprint density at radius 1 is 1.22 bits per heavy atom. The summed E-state index contributed by atoms with van der Waals surface area (Å²) in [5.74, 6) is 0.631. The number of nitrogens with one attached hydrogen (secondary N) is 1. The van der Waals surface area contributed by atoms with E-state index < -0.39 is 0 Å². The van der Waals surface area contributed by atoms with Crippen LogP contribution in [0.5, 0.6) is 0 Å². The summed E-state index contributed by atoms with van der Waals surface area (Å²) in [6, 6.07) is 18.1. The molecule has 0 aliphatic heterocycles. The van der Waals surface area contributed by atoms with E-state index in [0.29, 0.717) is 12.5 Å². The molecule has 0 spiro atoms. The molecule has 0 unspecified atom stereocenters. The molecule has 0 saturated heterocycles. The lowest BCUT2D eigenvalue weighted by atomic mass is 10.1. The standard InChI is InChI=1S/C19H21BrN2O/c1-14(16-10-11-16)22(13-15-6-3-2-4-7-15)19(23)21-18-9-5-8-17(20)12-18/h2-9,12,14,16H,10-11,13H2,1H3,(H,21,23)/t14-/m1/s1. The third-order valence-electron chi connectivity index (χ3n) is 4.33. The number of urea groups is 1. The molecule has 0 bridgehead atoms. The Labute approximate surface area is 145 Å². The van der Waals surface area contributed by atoms with Gasteiger partial charge < -0.3 is 10.2 Å². The highest BCUT2D eigenvalue weighted by Crippen LogP contribution is 2.36. The lowest BCUT2D eigenvalue weighted by molar-refractivity contribution is 0.181. The highest BCUT2D eigenvalue weighted by molar-refractivity contribution is 9.10. The van der Waals surface area contributed by atoms with E-state index in [1.165, 1.54) is 12.8 Å². The van der Waals surface area contributed by atoms with Crippen LogP contribution in [0, 0.1) is 5.92 Å². The molecule has 23 heavy (non-hydrogen) atoms. The van der Waals surface area contributed by atoms with E-state index >= 15 is 0 Å². The predicted octanol–water partition coefficient (Wildman–Crippen LogP) is 5.28. The fourth-order valence-corrected chi connectivity index (χ4v) is 3.17. The maximum absolute atomic E-state index is 12.8. The van der Waals surface area contributed by atoms with Crippen LogP contribution in [0.25, 0.3) is 0 Å². The van der Waals surface area contributed by atoms with Crippen molar-refractivity contribution in [2.45, 2.75) is 32.4 Å². The molecule has 1 atom stereocenters. The number of halogens is 1. The molecule has 2 amide bonds. The summed E-state index contributed by atoms with van der Waals surface area (Å²) in [7, 11) is 0. The minimum atomic E-state index is -0.0358. The van der Waals surface area contributed by atoms with Crippen LogP contribution in [0.4, 0.5) is 10.5 Å². The number of hydrogen-bond donors (Lipinski definition) is 1. The van der Waals surface area contributed by atoms with E-state index in [0.717, 1.165) is 15.7 Å². The highest BCUT2D eigenvalue weighted by atomic mass is 79.9. The first kappa shape index (κ1) is 16.1. The summed E-state index contributed by atoms with van der Waals surface area (Å²) >= 11 is 3.44. The van der Waals surface area contributed by atoms with Gasteiger partial charge in [0.1, 0.15) is 0 Å².